The van der Waals surface area contributed by atoms with Gasteiger partial charge >= 0.3 is 0 Å². The van der Waals surface area contributed by atoms with Crippen LogP contribution in [0.2, 0.25) is 0 Å². The number of carbonyl (C=O) groups is 1. The predicted molar refractivity (Wildman–Crippen MR) is 178 cm³/mol. The van der Waals surface area contributed by atoms with E-state index in [1.54, 1.807) is 7.05 Å². The van der Waals surface area contributed by atoms with Crippen molar-refractivity contribution in [1.29, 1.82) is 5.26 Å². The minimum Gasteiger partial charge on any atom is -0.370 e. The molecule has 0 aliphatic carbocycles. The molecule has 5 rings (SSSR count). The summed E-state index contributed by atoms with van der Waals surface area (Å²) in [6.45, 7) is 8.98. The number of hydrogen-bond donors (Lipinski definition) is 0. The van der Waals surface area contributed by atoms with Crippen LogP contribution in [-0.2, 0) is 26.6 Å². The highest BCUT2D eigenvalue weighted by Gasteiger charge is 2.33. The summed E-state index contributed by atoms with van der Waals surface area (Å²) in [4.78, 5) is 27.0. The molecule has 0 saturated carbocycles. The van der Waals surface area contributed by atoms with Gasteiger partial charge in [0.2, 0.25) is 10.0 Å². The van der Waals surface area contributed by atoms with Gasteiger partial charge in [-0.1, -0.05) is 24.3 Å². The van der Waals surface area contributed by atoms with Crippen molar-refractivity contribution >= 4 is 15.9 Å². The maximum absolute atomic E-state index is 13.6. The molecule has 0 bridgehead atoms. The second kappa shape index (κ2) is 14.5. The lowest BCUT2D eigenvalue weighted by molar-refractivity contribution is -0.0547. The van der Waals surface area contributed by atoms with Gasteiger partial charge in [-0.25, -0.2) is 22.7 Å². The first-order chi connectivity index (χ1) is 21.9. The molecule has 250 valence electrons. The van der Waals surface area contributed by atoms with E-state index in [0.717, 1.165) is 93.3 Å². The number of nitrogens with zero attached hydrogens (tertiary/aromatic N) is 6. The Morgan fingerprint density at radius 1 is 1.04 bits per heavy atom. The minimum absolute atomic E-state index is 0.0231. The molecule has 46 heavy (non-hydrogen) atoms. The third-order valence-electron chi connectivity index (χ3n) is 10.5. The number of carbonyl (C=O) groups excluding carboxylic acids is 1. The number of piperidine rings is 2. The van der Waals surface area contributed by atoms with Crippen molar-refractivity contribution in [3.63, 3.8) is 0 Å². The molecular weight excluding hydrogens is 600 g/mol. The highest BCUT2D eigenvalue weighted by Crippen LogP contribution is 2.34. The van der Waals surface area contributed by atoms with Crippen LogP contribution in [0.1, 0.15) is 104 Å². The number of aryl methyl sites for hydroxylation is 1. The maximum atomic E-state index is 13.6. The van der Waals surface area contributed by atoms with Crippen LogP contribution in [0.25, 0.3) is 0 Å². The largest absolute Gasteiger partial charge is 0.370 e. The number of hydrogen-bond acceptors (Lipinski definition) is 8. The fourth-order valence-electron chi connectivity index (χ4n) is 7.26. The van der Waals surface area contributed by atoms with Crippen molar-refractivity contribution in [2.24, 2.45) is 0 Å². The Balaban J connectivity index is 1.12. The molecule has 0 spiro atoms. The highest BCUT2D eigenvalue weighted by molar-refractivity contribution is 7.88. The predicted octanol–water partition coefficient (Wildman–Crippen LogP) is 4.79. The van der Waals surface area contributed by atoms with Gasteiger partial charge in [-0.05, 0) is 103 Å². The Labute approximate surface area is 275 Å². The molecule has 2 atom stereocenters. The van der Waals surface area contributed by atoms with Crippen LogP contribution < -0.4 is 0 Å². The van der Waals surface area contributed by atoms with E-state index >= 15 is 0 Å². The molecule has 1 aromatic carbocycles. The summed E-state index contributed by atoms with van der Waals surface area (Å²) >= 11 is 0. The molecule has 1 aromatic heterocycles. The Morgan fingerprint density at radius 3 is 2.35 bits per heavy atom. The topological polar surface area (TPSA) is 120 Å². The lowest BCUT2D eigenvalue weighted by Crippen LogP contribution is -2.52. The van der Waals surface area contributed by atoms with Crippen molar-refractivity contribution < 1.29 is 17.9 Å². The molecule has 11 heteroatoms. The zero-order chi connectivity index (χ0) is 33.1. The summed E-state index contributed by atoms with van der Waals surface area (Å²) in [6.07, 6.45) is 11.1. The number of rotatable bonds is 9. The third-order valence-corrected chi connectivity index (χ3v) is 11.9. The summed E-state index contributed by atoms with van der Waals surface area (Å²) in [5.41, 5.74) is 3.91. The first-order valence-corrected chi connectivity index (χ1v) is 18.7. The highest BCUT2D eigenvalue weighted by atomic mass is 32.2. The number of aromatic nitrogens is 2. The van der Waals surface area contributed by atoms with E-state index in [1.807, 2.05) is 37.8 Å². The van der Waals surface area contributed by atoms with E-state index < -0.39 is 15.4 Å². The Bertz CT molecular complexity index is 1510. The number of nitriles is 1. The number of ether oxygens (including phenoxy) is 1. The van der Waals surface area contributed by atoms with Crippen LogP contribution in [0.3, 0.4) is 0 Å². The summed E-state index contributed by atoms with van der Waals surface area (Å²) in [5, 5.41) is 9.46. The van der Waals surface area contributed by atoms with Gasteiger partial charge in [0, 0.05) is 43.5 Å². The van der Waals surface area contributed by atoms with Gasteiger partial charge in [0.1, 0.15) is 12.0 Å². The third kappa shape index (κ3) is 7.96. The van der Waals surface area contributed by atoms with Crippen LogP contribution in [-0.4, -0.2) is 96.1 Å². The van der Waals surface area contributed by atoms with E-state index in [9.17, 15) is 18.5 Å². The molecule has 0 radical (unpaired) electrons. The average molecular weight is 651 g/mol. The van der Waals surface area contributed by atoms with Gasteiger partial charge in [0.05, 0.1) is 29.9 Å². The Morgan fingerprint density at radius 2 is 1.72 bits per heavy atom. The number of benzene rings is 1. The summed E-state index contributed by atoms with van der Waals surface area (Å²) in [6, 6.07) is 11.1. The standard InChI is InChI=1S/C35H50N6O4S/c1-25-31(14-13-30-7-6-8-32(45-30)26-9-11-27(12-10-26)35(2,3)23-36)37-24-38-33(25)34(42)41-21-17-29(18-22-41)40-19-15-28(16-20-40)39(4)46(5,43)44/h9-12,24,28-30,32H,6-8,13-22H2,1-5H3/t30-,32+/m0/s1. The fraction of sp³-hybridized carbons (Fsp3) is 0.657. The molecule has 1 amide bonds. The fourth-order valence-corrected chi connectivity index (χ4v) is 8.01. The molecule has 3 fully saturated rings. The Hall–Kier alpha value is -2.91. The molecular formula is C35H50N6O4S. The van der Waals surface area contributed by atoms with E-state index in [2.05, 4.69) is 33.1 Å². The molecule has 10 nitrogen and oxygen atoms in total. The van der Waals surface area contributed by atoms with E-state index in [4.69, 9.17) is 4.74 Å². The first-order valence-electron chi connectivity index (χ1n) is 16.8. The van der Waals surface area contributed by atoms with Crippen molar-refractivity contribution in [2.45, 2.75) is 108 Å². The molecule has 0 N–H and O–H groups in total. The quantitative estimate of drug-likeness (QED) is 0.380. The lowest BCUT2D eigenvalue weighted by atomic mass is 9.85. The van der Waals surface area contributed by atoms with E-state index in [-0.39, 0.29) is 24.2 Å². The van der Waals surface area contributed by atoms with Gasteiger partial charge in [-0.2, -0.15) is 5.26 Å². The van der Waals surface area contributed by atoms with Crippen molar-refractivity contribution in [3.8, 4) is 6.07 Å². The van der Waals surface area contributed by atoms with Crippen molar-refractivity contribution in [1.82, 2.24) is 24.1 Å². The van der Waals surface area contributed by atoms with Crippen molar-refractivity contribution in [2.75, 3.05) is 39.5 Å². The van der Waals surface area contributed by atoms with Gasteiger partial charge < -0.3 is 14.5 Å². The van der Waals surface area contributed by atoms with Crippen LogP contribution >= 0.6 is 0 Å². The second-order valence-corrected chi connectivity index (χ2v) is 16.0. The Kier molecular flexibility index (Phi) is 10.8. The molecule has 0 unspecified atom stereocenters. The van der Waals surface area contributed by atoms with Gasteiger partial charge in [0.25, 0.3) is 5.91 Å². The summed E-state index contributed by atoms with van der Waals surface area (Å²) in [5.74, 6) is -0.0231. The van der Waals surface area contributed by atoms with Crippen LogP contribution in [0.4, 0.5) is 0 Å². The normalized spacial score (nSPS) is 22.6. The van der Waals surface area contributed by atoms with Crippen LogP contribution in [0.15, 0.2) is 30.6 Å². The SMILES string of the molecule is Cc1c(CC[C@@H]2CCC[C@H](c3ccc(C(C)(C)C#N)cc3)O2)ncnc1C(=O)N1CCC(N2CCC(N(C)S(C)(=O)=O)CC2)CC1. The summed E-state index contributed by atoms with van der Waals surface area (Å²) < 4.78 is 31.9. The minimum atomic E-state index is -3.18. The first kappa shape index (κ1) is 34.4. The summed E-state index contributed by atoms with van der Waals surface area (Å²) in [7, 11) is -1.50. The monoisotopic (exact) mass is 650 g/mol. The molecule has 3 saturated heterocycles. The molecule has 3 aliphatic heterocycles. The number of sulfonamides is 1. The average Bonchev–Trinajstić information content (AvgIpc) is 3.07. The molecule has 4 heterocycles. The number of likely N-dealkylation sites (tertiary alicyclic amines) is 2. The molecule has 2 aromatic rings. The van der Waals surface area contributed by atoms with Crippen LogP contribution in [0, 0.1) is 18.3 Å². The lowest BCUT2D eigenvalue weighted by Gasteiger charge is -2.43. The second-order valence-electron chi connectivity index (χ2n) is 13.9. The van der Waals surface area contributed by atoms with Gasteiger partial charge in [-0.3, -0.25) is 4.79 Å². The van der Waals surface area contributed by atoms with E-state index in [0.29, 0.717) is 24.8 Å². The zero-order valence-corrected chi connectivity index (χ0v) is 28.9. The van der Waals surface area contributed by atoms with Gasteiger partial charge in [0.15, 0.2) is 0 Å². The van der Waals surface area contributed by atoms with Crippen LogP contribution in [0.5, 0.6) is 0 Å². The van der Waals surface area contributed by atoms with Gasteiger partial charge in [-0.15, -0.1) is 0 Å². The number of amides is 1. The zero-order valence-electron chi connectivity index (χ0n) is 28.1. The van der Waals surface area contributed by atoms with E-state index in [1.165, 1.54) is 16.9 Å². The maximum Gasteiger partial charge on any atom is 0.272 e. The smallest absolute Gasteiger partial charge is 0.272 e. The van der Waals surface area contributed by atoms with Crippen molar-refractivity contribution in [3.05, 3.63) is 58.7 Å². The molecule has 3 aliphatic rings.